The summed E-state index contributed by atoms with van der Waals surface area (Å²) in [6, 6.07) is 77.6. The van der Waals surface area contributed by atoms with Crippen LogP contribution >= 0.6 is 31.9 Å². The lowest BCUT2D eigenvalue weighted by molar-refractivity contribution is -1.03. The Morgan fingerprint density at radius 3 is 1.31 bits per heavy atom. The number of nitrogens with zero attached hydrogens (tertiary/aromatic N) is 5. The van der Waals surface area contributed by atoms with Crippen molar-refractivity contribution < 1.29 is 14.2 Å². The van der Waals surface area contributed by atoms with Crippen molar-refractivity contribution in [3.8, 4) is 11.3 Å². The fraction of sp³-hybridized carbons (Fsp3) is 0.119. The minimum Gasteiger partial charge on any atom is -0.443 e. The van der Waals surface area contributed by atoms with Crippen LogP contribution in [-0.2, 0) is 21.1 Å². The maximum Gasteiger partial charge on any atom is 0.419 e. The van der Waals surface area contributed by atoms with Crippen LogP contribution in [0.3, 0.4) is 0 Å². The summed E-state index contributed by atoms with van der Waals surface area (Å²) < 4.78 is 8.20. The predicted octanol–water partition coefficient (Wildman–Crippen LogP) is 15.6. The lowest BCUT2D eigenvalue weighted by Crippen LogP contribution is -2.67. The number of carbonyl (C=O) groups excluding carboxylic acids is 1. The van der Waals surface area contributed by atoms with E-state index in [4.69, 9.17) is 20.2 Å². The van der Waals surface area contributed by atoms with E-state index in [0.717, 1.165) is 48.8 Å². The number of benzene rings is 8. The second-order valence-corrected chi connectivity index (χ2v) is 19.2. The monoisotopic (exact) mass is 1020 g/mol. The van der Waals surface area contributed by atoms with E-state index in [0.29, 0.717) is 33.5 Å². The number of fused-ring (bicyclic) bond motifs is 1. The molecule has 0 fully saturated rings. The van der Waals surface area contributed by atoms with E-state index in [-0.39, 0.29) is 4.70 Å². The average molecular weight is 1020 g/mol. The molecule has 0 aliphatic carbocycles. The van der Waals surface area contributed by atoms with E-state index in [1.54, 1.807) is 4.57 Å². The van der Waals surface area contributed by atoms with Crippen molar-refractivity contribution in [3.63, 3.8) is 0 Å². The molecule has 7 nitrogen and oxygen atoms in total. The summed E-state index contributed by atoms with van der Waals surface area (Å²) in [5.41, 5.74) is 6.28. The number of hydrogen-bond donors (Lipinski definition) is 0. The van der Waals surface area contributed by atoms with Crippen molar-refractivity contribution in [1.29, 1.82) is 0 Å². The highest BCUT2D eigenvalue weighted by atomic mass is 79.9. The van der Waals surface area contributed by atoms with Gasteiger partial charge in [0.1, 0.15) is 5.60 Å². The highest BCUT2D eigenvalue weighted by Crippen LogP contribution is 2.61. The number of alkyl halides is 1. The summed E-state index contributed by atoms with van der Waals surface area (Å²) in [5.74, 6) is 0.383. The zero-order chi connectivity index (χ0) is 46.9. The van der Waals surface area contributed by atoms with E-state index in [1.165, 1.54) is 0 Å². The molecule has 0 unspecified atom stereocenters. The van der Waals surface area contributed by atoms with Crippen LogP contribution in [-0.4, -0.2) is 26.8 Å². The highest BCUT2D eigenvalue weighted by Gasteiger charge is 2.72. The summed E-state index contributed by atoms with van der Waals surface area (Å²) in [5, 5.41) is 18.9. The molecule has 68 heavy (non-hydrogen) atoms. The molecule has 9 heteroatoms. The van der Waals surface area contributed by atoms with Gasteiger partial charge >= 0.3 is 6.09 Å². The lowest BCUT2D eigenvalue weighted by Gasteiger charge is -2.52. The number of quaternary nitrogens is 1. The first-order chi connectivity index (χ1) is 33.1. The quantitative estimate of drug-likeness (QED) is 0.0736. The van der Waals surface area contributed by atoms with Gasteiger partial charge in [-0.3, -0.25) is 0 Å². The molecule has 0 N–H and O–H groups in total. The third kappa shape index (κ3) is 7.28. The van der Waals surface area contributed by atoms with Crippen molar-refractivity contribution in [2.24, 2.45) is 15.4 Å². The summed E-state index contributed by atoms with van der Waals surface area (Å²) in [4.78, 5) is 14.6. The number of ether oxygens (including phenoxy) is 1. The molecule has 8 aromatic carbocycles. The van der Waals surface area contributed by atoms with Gasteiger partial charge in [0.25, 0.3) is 0 Å². The number of carbonyl (C=O) groups is 1. The Kier molecular flexibility index (Phi) is 12.0. The molecule has 9 aromatic rings. The first-order valence-electron chi connectivity index (χ1n) is 22.6. The molecule has 10 rings (SSSR count). The van der Waals surface area contributed by atoms with E-state index < -0.39 is 22.8 Å². The van der Waals surface area contributed by atoms with Gasteiger partial charge in [0, 0.05) is 55.2 Å². The maximum absolute atomic E-state index is 14.6. The van der Waals surface area contributed by atoms with Crippen molar-refractivity contribution in [2.75, 3.05) is 0 Å². The number of amidine groups is 1. The summed E-state index contributed by atoms with van der Waals surface area (Å²) in [7, 11) is 0. The maximum atomic E-state index is 14.6. The van der Waals surface area contributed by atoms with Crippen LogP contribution in [0.1, 0.15) is 65.3 Å². The van der Waals surface area contributed by atoms with Gasteiger partial charge in [-0.15, -0.1) is 0 Å². The molecule has 334 valence electrons. The topological polar surface area (TPSA) is 68.3 Å². The Balaban J connectivity index is 1.40. The zero-order valence-corrected chi connectivity index (χ0v) is 41.0. The largest absolute Gasteiger partial charge is 0.443 e. The van der Waals surface area contributed by atoms with Crippen molar-refractivity contribution in [1.82, 2.24) is 4.57 Å². The standard InChI is InChI=1S/C59H48Br2N5O2/c1-57(2,3)68-56(67)65-52-39-38-42(41-60)40-51(52)53(61)54(65)49-36-22-23-37-50(49)55-62-64-66(63-55,58(43-24-10-4-11-25-43,44-26-12-5-13-27-44)45-28-14-6-15-29-45)59(46-30-16-7-17-31-46,47-32-18-8-19-33-47)48-34-20-9-21-35-48/h4-40H,41H2,1-3H3/q+1. The Hall–Kier alpha value is -7.04. The Morgan fingerprint density at radius 2 is 0.926 bits per heavy atom. The molecule has 0 saturated heterocycles. The van der Waals surface area contributed by atoms with Crippen LogP contribution in [0, 0.1) is 0 Å². The van der Waals surface area contributed by atoms with Gasteiger partial charge in [-0.2, -0.15) is 0 Å². The number of aromatic nitrogens is 1. The van der Waals surface area contributed by atoms with Gasteiger partial charge < -0.3 is 4.74 Å². The summed E-state index contributed by atoms with van der Waals surface area (Å²) >= 11 is 7.67. The molecular formula is C59H48Br2N5O2+. The van der Waals surface area contributed by atoms with Gasteiger partial charge in [-0.05, 0) is 64.2 Å². The van der Waals surface area contributed by atoms with Crippen molar-refractivity contribution >= 4 is 54.7 Å². The molecule has 1 aliphatic heterocycles. The Bertz CT molecular complexity index is 2980. The SMILES string of the molecule is CC(C)(C)OC(=O)n1c(-c2ccccc2C2=N[N+](C(c3ccccc3)(c3ccccc3)c3ccccc3)(C(c3ccccc3)(c3ccccc3)c3ccccc3)N=N2)c(Br)c2cc(CBr)ccc21. The van der Waals surface area contributed by atoms with Gasteiger partial charge in [0.15, 0.2) is 0 Å². The van der Waals surface area contributed by atoms with E-state index in [9.17, 15) is 4.79 Å². The molecule has 2 heterocycles. The number of hydrogen-bond acceptors (Lipinski definition) is 5. The molecule has 0 amide bonds. The van der Waals surface area contributed by atoms with Crippen LogP contribution in [0.4, 0.5) is 4.79 Å². The van der Waals surface area contributed by atoms with E-state index >= 15 is 0 Å². The molecule has 0 atom stereocenters. The third-order valence-corrected chi connectivity index (χ3v) is 14.2. The highest BCUT2D eigenvalue weighted by molar-refractivity contribution is 9.10. The molecule has 1 aliphatic rings. The van der Waals surface area contributed by atoms with Crippen LogP contribution < -0.4 is 0 Å². The number of halogens is 2. The van der Waals surface area contributed by atoms with Gasteiger partial charge in [-0.25, -0.2) is 9.36 Å². The van der Waals surface area contributed by atoms with Crippen molar-refractivity contribution in [3.05, 3.63) is 273 Å². The minimum atomic E-state index is -1.23. The molecule has 0 bridgehead atoms. The van der Waals surface area contributed by atoms with Crippen LogP contribution in [0.25, 0.3) is 22.2 Å². The molecule has 0 saturated carbocycles. The van der Waals surface area contributed by atoms with E-state index in [2.05, 4.69) is 184 Å². The molecule has 0 spiro atoms. The molecule has 1 aromatic heterocycles. The first-order valence-corrected chi connectivity index (χ1v) is 24.5. The normalized spacial score (nSPS) is 13.6. The average Bonchev–Trinajstić information content (AvgIpc) is 3.96. The smallest absolute Gasteiger partial charge is 0.419 e. The number of rotatable bonds is 11. The van der Waals surface area contributed by atoms with Crippen LogP contribution in [0.5, 0.6) is 0 Å². The second kappa shape index (κ2) is 18.2. The summed E-state index contributed by atoms with van der Waals surface area (Å²) in [6.45, 7) is 5.64. The summed E-state index contributed by atoms with van der Waals surface area (Å²) in [6.07, 6.45) is -0.503. The first kappa shape index (κ1) is 44.8. The lowest BCUT2D eigenvalue weighted by atomic mass is 9.68. The molecule has 0 radical (unpaired) electrons. The second-order valence-electron chi connectivity index (χ2n) is 17.8. The van der Waals surface area contributed by atoms with Gasteiger partial charge in [0.2, 0.25) is 16.9 Å². The fourth-order valence-electron chi connectivity index (χ4n) is 10.1. The van der Waals surface area contributed by atoms with Gasteiger partial charge in [-0.1, -0.05) is 233 Å². The third-order valence-electron chi connectivity index (χ3n) is 12.7. The van der Waals surface area contributed by atoms with Crippen LogP contribution in [0.2, 0.25) is 0 Å². The minimum absolute atomic E-state index is 0.370. The Morgan fingerprint density at radius 1 is 0.544 bits per heavy atom. The predicted molar refractivity (Wildman–Crippen MR) is 279 cm³/mol. The fourth-order valence-corrected chi connectivity index (χ4v) is 11.1. The van der Waals surface area contributed by atoms with E-state index in [1.807, 2.05) is 93.6 Å². The van der Waals surface area contributed by atoms with Crippen molar-refractivity contribution in [2.45, 2.75) is 42.8 Å². The van der Waals surface area contributed by atoms with Crippen LogP contribution in [0.15, 0.2) is 244 Å². The zero-order valence-electron chi connectivity index (χ0n) is 37.9. The van der Waals surface area contributed by atoms with Gasteiger partial charge in [0.05, 0.1) is 20.9 Å². The molecular weight excluding hydrogens is 970 g/mol. The Labute approximate surface area is 413 Å².